The van der Waals surface area contributed by atoms with Crippen LogP contribution in [0.5, 0.6) is 5.75 Å². The SMILES string of the molecule is COc1cc(Br)cc(CN2CCNC(=O)C2C)c1. The van der Waals surface area contributed by atoms with Crippen molar-refractivity contribution < 1.29 is 9.53 Å². The summed E-state index contributed by atoms with van der Waals surface area (Å²) in [5, 5.41) is 2.87. The van der Waals surface area contributed by atoms with Gasteiger partial charge in [0, 0.05) is 24.1 Å². The molecule has 0 bridgehead atoms. The van der Waals surface area contributed by atoms with E-state index in [1.165, 1.54) is 0 Å². The molecule has 98 valence electrons. The van der Waals surface area contributed by atoms with E-state index >= 15 is 0 Å². The van der Waals surface area contributed by atoms with Gasteiger partial charge in [-0.05, 0) is 30.7 Å². The second-order valence-corrected chi connectivity index (χ2v) is 5.35. The predicted octanol–water partition coefficient (Wildman–Crippen LogP) is 1.78. The van der Waals surface area contributed by atoms with Crippen LogP contribution < -0.4 is 10.1 Å². The third kappa shape index (κ3) is 3.03. The number of hydrogen-bond donors (Lipinski definition) is 1. The number of carbonyl (C=O) groups is 1. The van der Waals surface area contributed by atoms with Gasteiger partial charge in [0.25, 0.3) is 0 Å². The predicted molar refractivity (Wildman–Crippen MR) is 73.6 cm³/mol. The van der Waals surface area contributed by atoms with Crippen LogP contribution in [0.4, 0.5) is 0 Å². The van der Waals surface area contributed by atoms with E-state index in [2.05, 4.69) is 32.2 Å². The van der Waals surface area contributed by atoms with Crippen LogP contribution in [0.15, 0.2) is 22.7 Å². The van der Waals surface area contributed by atoms with Gasteiger partial charge in [-0.2, -0.15) is 0 Å². The van der Waals surface area contributed by atoms with Gasteiger partial charge >= 0.3 is 0 Å². The highest BCUT2D eigenvalue weighted by Crippen LogP contribution is 2.23. The zero-order chi connectivity index (χ0) is 13.1. The highest BCUT2D eigenvalue weighted by molar-refractivity contribution is 9.10. The Morgan fingerprint density at radius 1 is 1.50 bits per heavy atom. The molecule has 1 atom stereocenters. The third-order valence-corrected chi connectivity index (χ3v) is 3.64. The number of piperazine rings is 1. The Bertz CT molecular complexity index is 451. The van der Waals surface area contributed by atoms with Crippen molar-refractivity contribution >= 4 is 21.8 Å². The average molecular weight is 313 g/mol. The number of rotatable bonds is 3. The highest BCUT2D eigenvalue weighted by Gasteiger charge is 2.25. The van der Waals surface area contributed by atoms with Crippen LogP contribution in [0.2, 0.25) is 0 Å². The summed E-state index contributed by atoms with van der Waals surface area (Å²) in [6, 6.07) is 5.91. The maximum atomic E-state index is 11.6. The van der Waals surface area contributed by atoms with E-state index in [-0.39, 0.29) is 11.9 Å². The van der Waals surface area contributed by atoms with E-state index in [0.717, 1.165) is 28.9 Å². The number of carbonyl (C=O) groups excluding carboxylic acids is 1. The van der Waals surface area contributed by atoms with E-state index in [0.29, 0.717) is 6.54 Å². The Hall–Kier alpha value is -1.07. The number of hydrogen-bond acceptors (Lipinski definition) is 3. The van der Waals surface area contributed by atoms with Crippen molar-refractivity contribution in [1.29, 1.82) is 0 Å². The van der Waals surface area contributed by atoms with Crippen molar-refractivity contribution in [3.8, 4) is 5.75 Å². The van der Waals surface area contributed by atoms with E-state index in [4.69, 9.17) is 4.74 Å². The van der Waals surface area contributed by atoms with Crippen molar-refractivity contribution in [2.75, 3.05) is 20.2 Å². The van der Waals surface area contributed by atoms with Crippen LogP contribution in [0, 0.1) is 0 Å². The minimum atomic E-state index is -0.0799. The number of benzene rings is 1. The van der Waals surface area contributed by atoms with Crippen molar-refractivity contribution in [2.45, 2.75) is 19.5 Å². The lowest BCUT2D eigenvalue weighted by Crippen LogP contribution is -2.53. The first-order valence-electron chi connectivity index (χ1n) is 5.95. The molecule has 5 heteroatoms. The molecule has 0 aliphatic carbocycles. The maximum absolute atomic E-state index is 11.6. The molecule has 0 radical (unpaired) electrons. The van der Waals surface area contributed by atoms with Crippen molar-refractivity contribution in [3.05, 3.63) is 28.2 Å². The number of methoxy groups -OCH3 is 1. The number of nitrogens with zero attached hydrogens (tertiary/aromatic N) is 1. The number of nitrogens with one attached hydrogen (secondary N) is 1. The standard InChI is InChI=1S/C13H17BrN2O2/c1-9-13(17)15-3-4-16(9)8-10-5-11(14)7-12(6-10)18-2/h5-7,9H,3-4,8H2,1-2H3,(H,15,17). The van der Waals surface area contributed by atoms with Crippen molar-refractivity contribution in [3.63, 3.8) is 0 Å². The molecule has 1 fully saturated rings. The zero-order valence-corrected chi connectivity index (χ0v) is 12.2. The van der Waals surface area contributed by atoms with Gasteiger partial charge in [-0.1, -0.05) is 15.9 Å². The number of amides is 1. The fourth-order valence-corrected chi connectivity index (χ4v) is 2.63. The first kappa shape index (κ1) is 13.4. The molecule has 0 spiro atoms. The molecular formula is C13H17BrN2O2. The second kappa shape index (κ2) is 5.71. The molecule has 1 aliphatic heterocycles. The van der Waals surface area contributed by atoms with E-state index in [1.54, 1.807) is 7.11 Å². The van der Waals surface area contributed by atoms with Crippen LogP contribution in [0.1, 0.15) is 12.5 Å². The molecule has 1 unspecified atom stereocenters. The van der Waals surface area contributed by atoms with E-state index in [9.17, 15) is 4.79 Å². The normalized spacial score (nSPS) is 20.6. The molecule has 1 aliphatic rings. The summed E-state index contributed by atoms with van der Waals surface area (Å²) in [6.45, 7) is 4.28. The summed E-state index contributed by atoms with van der Waals surface area (Å²) in [5.74, 6) is 0.928. The van der Waals surface area contributed by atoms with Crippen LogP contribution in [0.25, 0.3) is 0 Å². The number of ether oxygens (including phenoxy) is 1. The first-order chi connectivity index (χ1) is 8.60. The highest BCUT2D eigenvalue weighted by atomic mass is 79.9. The smallest absolute Gasteiger partial charge is 0.237 e. The minimum Gasteiger partial charge on any atom is -0.497 e. The van der Waals surface area contributed by atoms with E-state index in [1.807, 2.05) is 19.1 Å². The second-order valence-electron chi connectivity index (χ2n) is 4.44. The van der Waals surface area contributed by atoms with Gasteiger partial charge in [0.05, 0.1) is 13.2 Å². The molecule has 1 saturated heterocycles. The molecule has 1 aromatic carbocycles. The molecular weight excluding hydrogens is 296 g/mol. The monoisotopic (exact) mass is 312 g/mol. The third-order valence-electron chi connectivity index (χ3n) is 3.18. The first-order valence-corrected chi connectivity index (χ1v) is 6.74. The summed E-state index contributed by atoms with van der Waals surface area (Å²) in [5.41, 5.74) is 1.14. The summed E-state index contributed by atoms with van der Waals surface area (Å²) in [6.07, 6.45) is 0. The molecule has 0 aromatic heterocycles. The van der Waals surface area contributed by atoms with E-state index < -0.39 is 0 Å². The van der Waals surface area contributed by atoms with Crippen molar-refractivity contribution in [2.24, 2.45) is 0 Å². The Balaban J connectivity index is 2.13. The van der Waals surface area contributed by atoms with Gasteiger partial charge in [0.1, 0.15) is 5.75 Å². The van der Waals surface area contributed by atoms with Gasteiger partial charge in [0.15, 0.2) is 0 Å². The Morgan fingerprint density at radius 3 is 3.00 bits per heavy atom. The summed E-state index contributed by atoms with van der Waals surface area (Å²) < 4.78 is 6.24. The van der Waals surface area contributed by atoms with Crippen molar-refractivity contribution in [1.82, 2.24) is 10.2 Å². The van der Waals surface area contributed by atoms with Crippen LogP contribution in [-0.2, 0) is 11.3 Å². The van der Waals surface area contributed by atoms with Gasteiger partial charge in [0.2, 0.25) is 5.91 Å². The lowest BCUT2D eigenvalue weighted by molar-refractivity contribution is -0.128. The van der Waals surface area contributed by atoms with Crippen LogP contribution in [0.3, 0.4) is 0 Å². The van der Waals surface area contributed by atoms with Crippen LogP contribution in [-0.4, -0.2) is 37.0 Å². The Morgan fingerprint density at radius 2 is 2.28 bits per heavy atom. The molecule has 1 N–H and O–H groups in total. The summed E-state index contributed by atoms with van der Waals surface area (Å²) >= 11 is 3.47. The number of halogens is 1. The maximum Gasteiger partial charge on any atom is 0.237 e. The van der Waals surface area contributed by atoms with Gasteiger partial charge in [-0.25, -0.2) is 0 Å². The molecule has 2 rings (SSSR count). The topological polar surface area (TPSA) is 41.6 Å². The summed E-state index contributed by atoms with van der Waals surface area (Å²) in [7, 11) is 1.66. The quantitative estimate of drug-likeness (QED) is 0.925. The molecule has 1 aromatic rings. The molecule has 1 amide bonds. The van der Waals surface area contributed by atoms with Gasteiger partial charge in [-0.15, -0.1) is 0 Å². The largest absolute Gasteiger partial charge is 0.497 e. The Kier molecular flexibility index (Phi) is 4.24. The fourth-order valence-electron chi connectivity index (χ4n) is 2.11. The lowest BCUT2D eigenvalue weighted by atomic mass is 10.1. The molecule has 1 heterocycles. The fraction of sp³-hybridized carbons (Fsp3) is 0.462. The lowest BCUT2D eigenvalue weighted by Gasteiger charge is -2.32. The van der Waals surface area contributed by atoms with Gasteiger partial charge in [-0.3, -0.25) is 9.69 Å². The van der Waals surface area contributed by atoms with Gasteiger partial charge < -0.3 is 10.1 Å². The average Bonchev–Trinajstić information content (AvgIpc) is 2.34. The zero-order valence-electron chi connectivity index (χ0n) is 10.6. The molecule has 0 saturated carbocycles. The summed E-state index contributed by atoms with van der Waals surface area (Å²) in [4.78, 5) is 13.8. The molecule has 4 nitrogen and oxygen atoms in total. The minimum absolute atomic E-state index is 0.0799. The van der Waals surface area contributed by atoms with Crippen LogP contribution >= 0.6 is 15.9 Å². The molecule has 18 heavy (non-hydrogen) atoms. The Labute approximate surface area is 115 Å².